The molecule has 0 unspecified atom stereocenters. The molecule has 0 aliphatic carbocycles. The number of hydrogen-bond donors (Lipinski definition) is 2. The second-order valence-corrected chi connectivity index (χ2v) is 1.53. The van der Waals surface area contributed by atoms with E-state index < -0.39 is 0 Å². The van der Waals surface area contributed by atoms with Gasteiger partial charge >= 0.3 is 0 Å². The van der Waals surface area contributed by atoms with Crippen LogP contribution in [-0.2, 0) is 0 Å². The summed E-state index contributed by atoms with van der Waals surface area (Å²) in [6, 6.07) is 3.95. The molecule has 0 saturated heterocycles. The highest BCUT2D eigenvalue weighted by Gasteiger charge is 1.73. The normalized spacial score (nSPS) is 6.70. The summed E-state index contributed by atoms with van der Waals surface area (Å²) in [5, 5.41) is 0. The highest BCUT2D eigenvalue weighted by Crippen LogP contribution is 1.88. The van der Waals surface area contributed by atoms with Crippen LogP contribution in [0, 0.1) is 6.92 Å². The lowest BCUT2D eigenvalue weighted by atomic mass is 10.3. The molecule has 0 saturated carbocycles. The number of hydrogen-bond acceptors (Lipinski definition) is 3. The fraction of sp³-hybridized carbons (Fsp3) is 0.167. The van der Waals surface area contributed by atoms with Crippen molar-refractivity contribution in [2.75, 3.05) is 0 Å². The number of hydrazine groups is 1. The minimum Gasteiger partial charge on any atom is -0.274 e. The second kappa shape index (κ2) is 8.36. The average Bonchev–Trinajstić information content (AvgIpc) is 1.94. The van der Waals surface area contributed by atoms with Gasteiger partial charge in [-0.05, 0) is 18.6 Å². The van der Waals surface area contributed by atoms with Gasteiger partial charge in [0.1, 0.15) is 0 Å². The molecule has 0 spiro atoms. The van der Waals surface area contributed by atoms with Crippen LogP contribution in [-0.4, -0.2) is 4.98 Å². The lowest BCUT2D eigenvalue weighted by molar-refractivity contribution is 1.26. The molecule has 10 heavy (non-hydrogen) atoms. The molecule has 0 bridgehead atoms. The summed E-state index contributed by atoms with van der Waals surface area (Å²) in [5.41, 5.74) is 1.21. The highest BCUT2D eigenvalue weighted by atomic mass is 35.5. The molecule has 0 aromatic carbocycles. The predicted molar refractivity (Wildman–Crippen MR) is 44.6 cm³/mol. The van der Waals surface area contributed by atoms with E-state index in [2.05, 4.69) is 16.7 Å². The minimum absolute atomic E-state index is 0. The van der Waals surface area contributed by atoms with Crippen molar-refractivity contribution in [2.24, 2.45) is 11.7 Å². The molecule has 1 heterocycles. The predicted octanol–water partition coefficient (Wildman–Crippen LogP) is 0.631. The lowest BCUT2D eigenvalue weighted by Gasteiger charge is -1.82. The molecule has 0 amide bonds. The van der Waals surface area contributed by atoms with E-state index in [1.54, 1.807) is 6.20 Å². The number of pyridine rings is 1. The molecule has 0 radical (unpaired) electrons. The first kappa shape index (κ1) is 12.1. The molecule has 0 aliphatic rings. The van der Waals surface area contributed by atoms with Crippen LogP contribution in [0.1, 0.15) is 5.56 Å². The van der Waals surface area contributed by atoms with Crippen molar-refractivity contribution in [1.29, 1.82) is 0 Å². The average molecular weight is 162 g/mol. The Labute approximate surface area is 66.8 Å². The summed E-state index contributed by atoms with van der Waals surface area (Å²) in [7, 11) is 0. The van der Waals surface area contributed by atoms with E-state index in [9.17, 15) is 0 Å². The van der Waals surface area contributed by atoms with E-state index >= 15 is 0 Å². The van der Waals surface area contributed by atoms with Crippen molar-refractivity contribution >= 4 is 12.4 Å². The van der Waals surface area contributed by atoms with Gasteiger partial charge in [-0.1, -0.05) is 6.07 Å². The molecular weight excluding hydrogens is 150 g/mol. The zero-order valence-corrected chi connectivity index (χ0v) is 6.64. The van der Waals surface area contributed by atoms with Gasteiger partial charge in [-0.15, -0.1) is 12.4 Å². The van der Waals surface area contributed by atoms with Crippen molar-refractivity contribution in [3.63, 3.8) is 0 Å². The van der Waals surface area contributed by atoms with Gasteiger partial charge in [0.05, 0.1) is 0 Å². The molecular formula is C6H12ClN3. The zero-order valence-electron chi connectivity index (χ0n) is 5.82. The fourth-order valence-corrected chi connectivity index (χ4v) is 0.448. The number of rotatable bonds is 0. The topological polar surface area (TPSA) is 64.9 Å². The summed E-state index contributed by atoms with van der Waals surface area (Å²) in [5.74, 6) is 8.00. The molecule has 0 aliphatic heterocycles. The van der Waals surface area contributed by atoms with E-state index in [0.29, 0.717) is 0 Å². The van der Waals surface area contributed by atoms with Crippen molar-refractivity contribution < 1.29 is 0 Å². The van der Waals surface area contributed by atoms with Gasteiger partial charge in [0.15, 0.2) is 0 Å². The van der Waals surface area contributed by atoms with Crippen LogP contribution >= 0.6 is 12.4 Å². The number of halogens is 1. The van der Waals surface area contributed by atoms with Crippen LogP contribution < -0.4 is 11.7 Å². The SMILES string of the molecule is Cc1cccnc1.Cl.NN. The second-order valence-electron chi connectivity index (χ2n) is 1.53. The maximum atomic E-state index is 4.00. The Morgan fingerprint density at radius 1 is 1.40 bits per heavy atom. The summed E-state index contributed by atoms with van der Waals surface area (Å²) in [6.45, 7) is 2.02. The number of nitrogens with two attached hydrogens (primary N) is 2. The van der Waals surface area contributed by atoms with Gasteiger partial charge in [0, 0.05) is 12.4 Å². The van der Waals surface area contributed by atoms with Gasteiger partial charge in [-0.3, -0.25) is 16.7 Å². The molecule has 58 valence electrons. The van der Waals surface area contributed by atoms with E-state index in [4.69, 9.17) is 0 Å². The van der Waals surface area contributed by atoms with Gasteiger partial charge < -0.3 is 0 Å². The first-order valence-corrected chi connectivity index (χ1v) is 2.59. The summed E-state index contributed by atoms with van der Waals surface area (Å²) >= 11 is 0. The molecule has 3 nitrogen and oxygen atoms in total. The third-order valence-corrected chi connectivity index (χ3v) is 0.809. The minimum atomic E-state index is 0. The fourth-order valence-electron chi connectivity index (χ4n) is 0.448. The summed E-state index contributed by atoms with van der Waals surface area (Å²) < 4.78 is 0. The van der Waals surface area contributed by atoms with Crippen molar-refractivity contribution in [1.82, 2.24) is 4.98 Å². The first-order valence-electron chi connectivity index (χ1n) is 2.59. The number of nitrogens with zero attached hydrogens (tertiary/aromatic N) is 1. The molecule has 4 N–H and O–H groups in total. The lowest BCUT2D eigenvalue weighted by Crippen LogP contribution is -2.02. The standard InChI is InChI=1S/C6H7N.ClH.H4N2/c1-6-3-2-4-7-5-6;;1-2/h2-5H,1H3;1H;1-2H2. The van der Waals surface area contributed by atoms with Crippen LogP contribution in [0.3, 0.4) is 0 Å². The Morgan fingerprint density at radius 2 is 2.00 bits per heavy atom. The maximum absolute atomic E-state index is 4.00. The van der Waals surface area contributed by atoms with Crippen LogP contribution in [0.15, 0.2) is 24.5 Å². The molecule has 4 heteroatoms. The molecule has 0 atom stereocenters. The Balaban J connectivity index is 0. The number of aromatic nitrogens is 1. The van der Waals surface area contributed by atoms with E-state index in [1.807, 2.05) is 25.3 Å². The molecule has 1 aromatic heterocycles. The Bertz CT molecular complexity index is 143. The monoisotopic (exact) mass is 161 g/mol. The van der Waals surface area contributed by atoms with Crippen LogP contribution in [0.4, 0.5) is 0 Å². The van der Waals surface area contributed by atoms with E-state index in [0.717, 1.165) is 0 Å². The van der Waals surface area contributed by atoms with Crippen molar-refractivity contribution in [3.8, 4) is 0 Å². The Kier molecular flexibility index (Phi) is 10.1. The Morgan fingerprint density at radius 3 is 2.20 bits per heavy atom. The van der Waals surface area contributed by atoms with Crippen LogP contribution in [0.5, 0.6) is 0 Å². The third kappa shape index (κ3) is 5.50. The van der Waals surface area contributed by atoms with E-state index in [1.165, 1.54) is 5.56 Å². The van der Waals surface area contributed by atoms with Crippen LogP contribution in [0.25, 0.3) is 0 Å². The van der Waals surface area contributed by atoms with Crippen molar-refractivity contribution in [2.45, 2.75) is 6.92 Å². The van der Waals surface area contributed by atoms with Gasteiger partial charge in [-0.2, -0.15) is 0 Å². The largest absolute Gasteiger partial charge is 0.274 e. The molecule has 1 rings (SSSR count). The Hall–Kier alpha value is -0.640. The quantitative estimate of drug-likeness (QED) is 0.433. The van der Waals surface area contributed by atoms with Crippen molar-refractivity contribution in [3.05, 3.63) is 30.1 Å². The molecule has 1 aromatic rings. The molecule has 0 fully saturated rings. The van der Waals surface area contributed by atoms with Gasteiger partial charge in [-0.25, -0.2) is 0 Å². The summed E-state index contributed by atoms with van der Waals surface area (Å²) in [4.78, 5) is 3.88. The van der Waals surface area contributed by atoms with Crippen LogP contribution in [0.2, 0.25) is 0 Å². The third-order valence-electron chi connectivity index (χ3n) is 0.809. The highest BCUT2D eigenvalue weighted by molar-refractivity contribution is 5.85. The van der Waals surface area contributed by atoms with E-state index in [-0.39, 0.29) is 12.4 Å². The maximum Gasteiger partial charge on any atom is 0.0297 e. The van der Waals surface area contributed by atoms with Gasteiger partial charge in [0.2, 0.25) is 0 Å². The first-order chi connectivity index (χ1) is 4.39. The number of aryl methyl sites for hydroxylation is 1. The van der Waals surface area contributed by atoms with Gasteiger partial charge in [0.25, 0.3) is 0 Å². The summed E-state index contributed by atoms with van der Waals surface area (Å²) in [6.07, 6.45) is 3.60. The smallest absolute Gasteiger partial charge is 0.0297 e. The zero-order chi connectivity index (χ0) is 7.11.